The second kappa shape index (κ2) is 9.21. The maximum absolute atomic E-state index is 13.9. The van der Waals surface area contributed by atoms with Gasteiger partial charge in [0.25, 0.3) is 0 Å². The molecule has 1 N–H and O–H groups in total. The molecule has 35 heavy (non-hydrogen) atoms. The van der Waals surface area contributed by atoms with Gasteiger partial charge in [0.15, 0.2) is 17.3 Å². The van der Waals surface area contributed by atoms with E-state index in [1.165, 1.54) is 33.5 Å². The third-order valence-electron chi connectivity index (χ3n) is 6.18. The average Bonchev–Trinajstić information content (AvgIpc) is 3.37. The van der Waals surface area contributed by atoms with Gasteiger partial charge in [0, 0.05) is 50.6 Å². The molecule has 1 aliphatic rings. The number of carbonyl (C=O) groups excluding carboxylic acids is 1. The van der Waals surface area contributed by atoms with Gasteiger partial charge in [0.1, 0.15) is 5.82 Å². The zero-order valence-electron chi connectivity index (χ0n) is 19.7. The summed E-state index contributed by atoms with van der Waals surface area (Å²) in [5.41, 5.74) is 2.92. The molecular formula is C25H26FN5O4. The molecule has 1 aliphatic heterocycles. The van der Waals surface area contributed by atoms with Crippen LogP contribution in [-0.2, 0) is 0 Å². The Bertz CT molecular complexity index is 1370. The fourth-order valence-corrected chi connectivity index (χ4v) is 4.44. The van der Waals surface area contributed by atoms with E-state index in [0.717, 1.165) is 16.9 Å². The van der Waals surface area contributed by atoms with Crippen molar-refractivity contribution in [3.05, 3.63) is 54.5 Å². The molecule has 0 spiro atoms. The molecule has 0 atom stereocenters. The smallest absolute Gasteiger partial charge is 0.321 e. The lowest BCUT2D eigenvalue weighted by Gasteiger charge is -2.35. The molecule has 182 valence electrons. The maximum Gasteiger partial charge on any atom is 0.321 e. The number of amides is 2. The van der Waals surface area contributed by atoms with Crippen molar-refractivity contribution in [2.24, 2.45) is 0 Å². The van der Waals surface area contributed by atoms with E-state index in [-0.39, 0.29) is 11.8 Å². The highest BCUT2D eigenvalue weighted by Crippen LogP contribution is 2.40. The SMILES string of the molecule is COc1cc(NC(=O)N2CCN(c3nc4cc(F)ccc4n4cccc34)CC2)cc(OC)c1OC. The van der Waals surface area contributed by atoms with E-state index in [9.17, 15) is 9.18 Å². The monoisotopic (exact) mass is 479 g/mol. The molecule has 4 aromatic rings. The molecule has 2 amide bonds. The van der Waals surface area contributed by atoms with Crippen molar-refractivity contribution in [3.63, 3.8) is 0 Å². The van der Waals surface area contributed by atoms with Gasteiger partial charge in [-0.2, -0.15) is 0 Å². The fraction of sp³-hybridized carbons (Fsp3) is 0.280. The molecule has 2 aromatic heterocycles. The minimum atomic E-state index is -0.323. The topological polar surface area (TPSA) is 80.6 Å². The van der Waals surface area contributed by atoms with Crippen molar-refractivity contribution < 1.29 is 23.4 Å². The van der Waals surface area contributed by atoms with E-state index in [2.05, 4.69) is 10.2 Å². The van der Waals surface area contributed by atoms with E-state index >= 15 is 0 Å². The molecule has 0 saturated carbocycles. The molecule has 1 fully saturated rings. The highest BCUT2D eigenvalue weighted by atomic mass is 19.1. The van der Waals surface area contributed by atoms with Gasteiger partial charge in [-0.25, -0.2) is 14.2 Å². The van der Waals surface area contributed by atoms with E-state index in [1.807, 2.05) is 22.7 Å². The first-order chi connectivity index (χ1) is 17.0. The third-order valence-corrected chi connectivity index (χ3v) is 6.18. The molecule has 10 heteroatoms. The van der Waals surface area contributed by atoms with Gasteiger partial charge in [-0.05, 0) is 24.3 Å². The summed E-state index contributed by atoms with van der Waals surface area (Å²) in [4.78, 5) is 21.6. The molecule has 2 aromatic carbocycles. The van der Waals surface area contributed by atoms with Gasteiger partial charge in [0.2, 0.25) is 5.75 Å². The number of piperazine rings is 1. The number of ether oxygens (including phenoxy) is 3. The Morgan fingerprint density at radius 1 is 0.943 bits per heavy atom. The number of hydrogen-bond donors (Lipinski definition) is 1. The highest BCUT2D eigenvalue weighted by Gasteiger charge is 2.25. The van der Waals surface area contributed by atoms with Crippen molar-refractivity contribution in [3.8, 4) is 17.2 Å². The van der Waals surface area contributed by atoms with Crippen LogP contribution in [-0.4, -0.2) is 67.8 Å². The number of halogens is 1. The van der Waals surface area contributed by atoms with E-state index in [0.29, 0.717) is 54.6 Å². The van der Waals surface area contributed by atoms with Gasteiger partial charge in [0.05, 0.1) is 43.6 Å². The van der Waals surface area contributed by atoms with E-state index in [1.54, 1.807) is 23.1 Å². The Balaban J connectivity index is 1.32. The number of methoxy groups -OCH3 is 3. The summed E-state index contributed by atoms with van der Waals surface area (Å²) in [5.74, 6) is 1.83. The van der Waals surface area contributed by atoms with Gasteiger partial charge in [-0.15, -0.1) is 0 Å². The Kier molecular flexibility index (Phi) is 5.94. The van der Waals surface area contributed by atoms with Crippen molar-refractivity contribution in [2.75, 3.05) is 57.7 Å². The summed E-state index contributed by atoms with van der Waals surface area (Å²) in [7, 11) is 4.58. The van der Waals surface area contributed by atoms with Crippen molar-refractivity contribution in [1.82, 2.24) is 14.3 Å². The first-order valence-electron chi connectivity index (χ1n) is 11.2. The number of nitrogens with zero attached hydrogens (tertiary/aromatic N) is 4. The molecule has 0 unspecified atom stereocenters. The number of anilines is 2. The molecule has 5 rings (SSSR count). The lowest BCUT2D eigenvalue weighted by molar-refractivity contribution is 0.208. The Morgan fingerprint density at radius 3 is 2.31 bits per heavy atom. The zero-order chi connectivity index (χ0) is 24.5. The largest absolute Gasteiger partial charge is 0.493 e. The first kappa shape index (κ1) is 22.6. The van der Waals surface area contributed by atoms with Gasteiger partial charge in [-0.1, -0.05) is 0 Å². The lowest BCUT2D eigenvalue weighted by atomic mass is 10.2. The molecule has 0 aliphatic carbocycles. The predicted octanol–water partition coefficient (Wildman–Crippen LogP) is 4.01. The highest BCUT2D eigenvalue weighted by molar-refractivity contribution is 5.91. The number of urea groups is 1. The van der Waals surface area contributed by atoms with Gasteiger partial charge >= 0.3 is 6.03 Å². The van der Waals surface area contributed by atoms with Crippen LogP contribution in [0.2, 0.25) is 0 Å². The Hall–Kier alpha value is -4.21. The van der Waals surface area contributed by atoms with Crippen LogP contribution in [0.25, 0.3) is 16.6 Å². The Labute approximate surface area is 201 Å². The number of benzene rings is 2. The van der Waals surface area contributed by atoms with Crippen molar-refractivity contribution >= 4 is 34.1 Å². The summed E-state index contributed by atoms with van der Waals surface area (Å²) in [6, 6.07) is 11.7. The van der Waals surface area contributed by atoms with Crippen LogP contribution >= 0.6 is 0 Å². The number of rotatable bonds is 5. The zero-order valence-corrected chi connectivity index (χ0v) is 19.7. The molecule has 9 nitrogen and oxygen atoms in total. The van der Waals surface area contributed by atoms with Crippen LogP contribution in [0.4, 0.5) is 20.7 Å². The number of fused-ring (bicyclic) bond motifs is 3. The van der Waals surface area contributed by atoms with Gasteiger partial charge < -0.3 is 33.7 Å². The third kappa shape index (κ3) is 4.11. The first-order valence-corrected chi connectivity index (χ1v) is 11.2. The van der Waals surface area contributed by atoms with Crippen LogP contribution in [0, 0.1) is 5.82 Å². The van der Waals surface area contributed by atoms with Crippen molar-refractivity contribution in [2.45, 2.75) is 0 Å². The fourth-order valence-electron chi connectivity index (χ4n) is 4.44. The lowest BCUT2D eigenvalue weighted by Crippen LogP contribution is -2.50. The van der Waals surface area contributed by atoms with Crippen LogP contribution in [0.15, 0.2) is 48.7 Å². The van der Waals surface area contributed by atoms with Gasteiger partial charge in [-0.3, -0.25) is 0 Å². The second-order valence-electron chi connectivity index (χ2n) is 8.15. The van der Waals surface area contributed by atoms with Crippen LogP contribution in [0.1, 0.15) is 0 Å². The molecule has 1 saturated heterocycles. The number of nitrogens with one attached hydrogen (secondary N) is 1. The second-order valence-corrected chi connectivity index (χ2v) is 8.15. The predicted molar refractivity (Wildman–Crippen MR) is 132 cm³/mol. The quantitative estimate of drug-likeness (QED) is 0.466. The number of carbonyl (C=O) groups is 1. The number of aromatic nitrogens is 2. The minimum Gasteiger partial charge on any atom is -0.493 e. The summed E-state index contributed by atoms with van der Waals surface area (Å²) < 4.78 is 31.9. The summed E-state index contributed by atoms with van der Waals surface area (Å²) in [5, 5.41) is 2.91. The molecule has 0 bridgehead atoms. The summed E-state index contributed by atoms with van der Waals surface area (Å²) in [6.07, 6.45) is 1.95. The van der Waals surface area contributed by atoms with E-state index in [4.69, 9.17) is 19.2 Å². The molecule has 0 radical (unpaired) electrons. The van der Waals surface area contributed by atoms with Crippen LogP contribution in [0.3, 0.4) is 0 Å². The molecular weight excluding hydrogens is 453 g/mol. The van der Waals surface area contributed by atoms with Crippen LogP contribution < -0.4 is 24.4 Å². The normalized spacial score (nSPS) is 13.8. The number of hydrogen-bond acceptors (Lipinski definition) is 6. The van der Waals surface area contributed by atoms with Crippen LogP contribution in [0.5, 0.6) is 17.2 Å². The summed E-state index contributed by atoms with van der Waals surface area (Å²) >= 11 is 0. The van der Waals surface area contributed by atoms with Crippen molar-refractivity contribution in [1.29, 1.82) is 0 Å². The summed E-state index contributed by atoms with van der Waals surface area (Å²) in [6.45, 7) is 2.20. The van der Waals surface area contributed by atoms with E-state index < -0.39 is 0 Å². The maximum atomic E-state index is 13.9. The average molecular weight is 480 g/mol. The standard InChI is InChI=1S/C25H26FN5O4/c1-33-21-14-17(15-22(34-2)23(21)35-3)27-25(32)30-11-9-29(10-12-30)24-20-5-4-8-31(20)19-7-6-16(26)13-18(19)28-24/h4-8,13-15H,9-12H2,1-3H3,(H,27,32). The molecule has 3 heterocycles. The minimum absolute atomic E-state index is 0.222. The Morgan fingerprint density at radius 2 is 1.66 bits per heavy atom.